The number of halogens is 2. The van der Waals surface area contributed by atoms with Gasteiger partial charge in [-0.3, -0.25) is 0 Å². The van der Waals surface area contributed by atoms with Gasteiger partial charge in [-0.2, -0.15) is 0 Å². The predicted octanol–water partition coefficient (Wildman–Crippen LogP) is 2.39. The van der Waals surface area contributed by atoms with Crippen LogP contribution in [0.2, 0.25) is 0 Å². The maximum Gasteiger partial charge on any atom is 0.163 e. The molecule has 2 unspecified atom stereocenters. The fourth-order valence-corrected chi connectivity index (χ4v) is 1.49. The van der Waals surface area contributed by atoms with Crippen molar-refractivity contribution in [2.75, 3.05) is 6.61 Å². The van der Waals surface area contributed by atoms with E-state index in [1.54, 1.807) is 0 Å². The molecule has 0 aliphatic carbocycles. The first-order valence-electron chi connectivity index (χ1n) is 5.41. The fraction of sp³-hybridized carbons (Fsp3) is 0.500. The normalized spacial score (nSPS) is 14.8. The highest BCUT2D eigenvalue weighted by atomic mass is 19.2. The van der Waals surface area contributed by atoms with E-state index in [2.05, 4.69) is 5.32 Å². The number of aliphatic hydroxyl groups excluding tert-OH is 1. The molecule has 0 amide bonds. The fourth-order valence-electron chi connectivity index (χ4n) is 1.49. The lowest BCUT2D eigenvalue weighted by molar-refractivity contribution is 0.230. The predicted molar refractivity (Wildman–Crippen MR) is 59.1 cm³/mol. The van der Waals surface area contributed by atoms with Crippen LogP contribution >= 0.6 is 0 Å². The standard InChI is InChI=1S/C12H17F2NO/c1-3-8(2)15-11(7-16)9-5-4-6-10(13)12(9)14/h4-6,8,11,15-16H,3,7H2,1-2H3. The molecule has 0 saturated carbocycles. The van der Waals surface area contributed by atoms with Crippen LogP contribution in [0.15, 0.2) is 18.2 Å². The Morgan fingerprint density at radius 1 is 1.38 bits per heavy atom. The van der Waals surface area contributed by atoms with Crippen molar-refractivity contribution in [2.24, 2.45) is 0 Å². The van der Waals surface area contributed by atoms with E-state index >= 15 is 0 Å². The summed E-state index contributed by atoms with van der Waals surface area (Å²) in [5.41, 5.74) is 0.169. The summed E-state index contributed by atoms with van der Waals surface area (Å²) in [4.78, 5) is 0. The monoisotopic (exact) mass is 229 g/mol. The Labute approximate surface area is 94.3 Å². The molecule has 1 rings (SSSR count). The topological polar surface area (TPSA) is 32.3 Å². The SMILES string of the molecule is CCC(C)NC(CO)c1cccc(F)c1F. The van der Waals surface area contributed by atoms with Crippen LogP contribution in [0.3, 0.4) is 0 Å². The van der Waals surface area contributed by atoms with Crippen LogP contribution in [0.1, 0.15) is 31.9 Å². The Hall–Kier alpha value is -1.00. The van der Waals surface area contributed by atoms with E-state index in [-0.39, 0.29) is 18.2 Å². The molecular formula is C12H17F2NO. The van der Waals surface area contributed by atoms with Gasteiger partial charge in [-0.05, 0) is 19.4 Å². The van der Waals surface area contributed by atoms with Crippen molar-refractivity contribution in [2.45, 2.75) is 32.4 Å². The van der Waals surface area contributed by atoms with Gasteiger partial charge < -0.3 is 10.4 Å². The molecule has 0 aliphatic heterocycles. The molecule has 0 saturated heterocycles. The summed E-state index contributed by atoms with van der Waals surface area (Å²) in [5.74, 6) is -1.78. The first-order valence-corrected chi connectivity index (χ1v) is 5.41. The summed E-state index contributed by atoms with van der Waals surface area (Å²) in [7, 11) is 0. The second-order valence-corrected chi connectivity index (χ2v) is 3.85. The van der Waals surface area contributed by atoms with Crippen molar-refractivity contribution in [1.29, 1.82) is 0 Å². The van der Waals surface area contributed by atoms with E-state index in [4.69, 9.17) is 0 Å². The molecule has 0 bridgehead atoms. The second-order valence-electron chi connectivity index (χ2n) is 3.85. The number of hydrogen-bond acceptors (Lipinski definition) is 2. The Balaban J connectivity index is 2.90. The summed E-state index contributed by atoms with van der Waals surface area (Å²) < 4.78 is 26.5. The van der Waals surface area contributed by atoms with Crippen LogP contribution in [0.25, 0.3) is 0 Å². The first kappa shape index (κ1) is 13.1. The smallest absolute Gasteiger partial charge is 0.163 e. The minimum atomic E-state index is -0.891. The maximum atomic E-state index is 13.5. The minimum Gasteiger partial charge on any atom is -0.394 e. The van der Waals surface area contributed by atoms with Gasteiger partial charge in [-0.25, -0.2) is 8.78 Å². The lowest BCUT2D eigenvalue weighted by Crippen LogP contribution is -2.32. The highest BCUT2D eigenvalue weighted by Gasteiger charge is 2.18. The molecule has 2 nitrogen and oxygen atoms in total. The summed E-state index contributed by atoms with van der Waals surface area (Å²) in [6.45, 7) is 3.65. The van der Waals surface area contributed by atoms with Gasteiger partial charge in [0.25, 0.3) is 0 Å². The zero-order valence-corrected chi connectivity index (χ0v) is 9.50. The number of rotatable bonds is 5. The van der Waals surface area contributed by atoms with E-state index in [9.17, 15) is 13.9 Å². The third-order valence-electron chi connectivity index (χ3n) is 2.64. The Morgan fingerprint density at radius 2 is 2.06 bits per heavy atom. The van der Waals surface area contributed by atoms with Crippen molar-refractivity contribution in [1.82, 2.24) is 5.32 Å². The lowest BCUT2D eigenvalue weighted by atomic mass is 10.1. The molecule has 2 atom stereocenters. The third kappa shape index (κ3) is 3.00. The molecule has 16 heavy (non-hydrogen) atoms. The Morgan fingerprint density at radius 3 is 2.62 bits per heavy atom. The van der Waals surface area contributed by atoms with Gasteiger partial charge in [-0.1, -0.05) is 19.1 Å². The first-order chi connectivity index (χ1) is 7.60. The van der Waals surface area contributed by atoms with Gasteiger partial charge in [0.15, 0.2) is 11.6 Å². The minimum absolute atomic E-state index is 0.139. The van der Waals surface area contributed by atoms with E-state index in [0.29, 0.717) is 0 Å². The van der Waals surface area contributed by atoms with Crippen LogP contribution in [0, 0.1) is 11.6 Å². The Kier molecular flexibility index (Phi) is 4.83. The molecule has 4 heteroatoms. The second kappa shape index (κ2) is 5.92. The molecule has 0 aromatic heterocycles. The molecule has 2 N–H and O–H groups in total. The summed E-state index contributed by atoms with van der Waals surface area (Å²) >= 11 is 0. The molecule has 0 fully saturated rings. The largest absolute Gasteiger partial charge is 0.394 e. The van der Waals surface area contributed by atoms with Crippen LogP contribution in [0.4, 0.5) is 8.78 Å². The average Bonchev–Trinajstić information content (AvgIpc) is 2.29. The van der Waals surface area contributed by atoms with Crippen LogP contribution < -0.4 is 5.32 Å². The molecule has 1 aromatic carbocycles. The molecule has 0 aliphatic rings. The zero-order chi connectivity index (χ0) is 12.1. The van der Waals surface area contributed by atoms with E-state index in [0.717, 1.165) is 12.5 Å². The summed E-state index contributed by atoms with van der Waals surface area (Å²) in [6.07, 6.45) is 0.855. The van der Waals surface area contributed by atoms with E-state index in [1.807, 2.05) is 13.8 Å². The molecule has 90 valence electrons. The quantitative estimate of drug-likeness (QED) is 0.812. The van der Waals surface area contributed by atoms with Crippen molar-refractivity contribution in [3.05, 3.63) is 35.4 Å². The zero-order valence-electron chi connectivity index (χ0n) is 9.50. The average molecular weight is 229 g/mol. The Bertz CT molecular complexity index is 344. The maximum absolute atomic E-state index is 13.5. The molecule has 0 spiro atoms. The summed E-state index contributed by atoms with van der Waals surface area (Å²) in [6, 6.07) is 3.56. The molecule has 0 heterocycles. The number of benzene rings is 1. The lowest BCUT2D eigenvalue weighted by Gasteiger charge is -2.21. The summed E-state index contributed by atoms with van der Waals surface area (Å²) in [5, 5.41) is 12.2. The number of nitrogens with one attached hydrogen (secondary N) is 1. The van der Waals surface area contributed by atoms with Crippen molar-refractivity contribution >= 4 is 0 Å². The van der Waals surface area contributed by atoms with Crippen molar-refractivity contribution in [3.8, 4) is 0 Å². The molecule has 1 aromatic rings. The van der Waals surface area contributed by atoms with Gasteiger partial charge in [0.05, 0.1) is 12.6 Å². The molecular weight excluding hydrogens is 212 g/mol. The third-order valence-corrected chi connectivity index (χ3v) is 2.64. The van der Waals surface area contributed by atoms with Crippen LogP contribution in [0.5, 0.6) is 0 Å². The van der Waals surface area contributed by atoms with Crippen molar-refractivity contribution < 1.29 is 13.9 Å². The number of aliphatic hydroxyl groups is 1. The van der Waals surface area contributed by atoms with Gasteiger partial charge in [-0.15, -0.1) is 0 Å². The number of hydrogen-bond donors (Lipinski definition) is 2. The van der Waals surface area contributed by atoms with Crippen molar-refractivity contribution in [3.63, 3.8) is 0 Å². The van der Waals surface area contributed by atoms with Crippen LogP contribution in [-0.2, 0) is 0 Å². The van der Waals surface area contributed by atoms with Gasteiger partial charge in [0.2, 0.25) is 0 Å². The van der Waals surface area contributed by atoms with Gasteiger partial charge in [0, 0.05) is 11.6 Å². The van der Waals surface area contributed by atoms with Gasteiger partial charge in [0.1, 0.15) is 0 Å². The highest BCUT2D eigenvalue weighted by Crippen LogP contribution is 2.19. The highest BCUT2D eigenvalue weighted by molar-refractivity contribution is 5.22. The van der Waals surface area contributed by atoms with E-state index < -0.39 is 17.7 Å². The van der Waals surface area contributed by atoms with E-state index in [1.165, 1.54) is 12.1 Å². The molecule has 0 radical (unpaired) electrons. The van der Waals surface area contributed by atoms with Gasteiger partial charge >= 0.3 is 0 Å². The van der Waals surface area contributed by atoms with Crippen LogP contribution in [-0.4, -0.2) is 17.8 Å².